The smallest absolute Gasteiger partial charge is 0.253 e. The molecule has 2 N–H and O–H groups in total. The number of nitrogens with two attached hydrogens (primary N) is 1. The Hall–Kier alpha value is -0.310. The zero-order valence-corrected chi connectivity index (χ0v) is 15.7. The lowest BCUT2D eigenvalue weighted by molar-refractivity contribution is 0.295. The number of ether oxygens (including phenoxy) is 1. The van der Waals surface area contributed by atoms with E-state index in [0.29, 0.717) is 6.61 Å². The molecule has 22 heavy (non-hydrogen) atoms. The van der Waals surface area contributed by atoms with Crippen LogP contribution in [0.4, 0.5) is 0 Å². The Morgan fingerprint density at radius 1 is 0.636 bits per heavy atom. The van der Waals surface area contributed by atoms with Crippen LogP contribution in [0.25, 0.3) is 0 Å². The number of hydrogen-bond acceptors (Lipinski definition) is 2. The van der Waals surface area contributed by atoms with Gasteiger partial charge in [-0.25, -0.2) is 0 Å². The standard InChI is InChI=1S/C19H39NOS/c1-2-3-4-5-6-7-8-9-10-11-12-13-14-15-16-17-18-21-19(20)22/h2-18H2,1H3,(H2,20,22). The molecular weight excluding hydrogens is 290 g/mol. The van der Waals surface area contributed by atoms with Gasteiger partial charge in [0.1, 0.15) is 0 Å². The van der Waals surface area contributed by atoms with Gasteiger partial charge in [0.2, 0.25) is 0 Å². The van der Waals surface area contributed by atoms with E-state index >= 15 is 0 Å². The molecule has 0 spiro atoms. The SMILES string of the molecule is CCCCCCCCCCCCCCCCCCOC(N)=S. The predicted molar refractivity (Wildman–Crippen MR) is 102 cm³/mol. The fourth-order valence-corrected chi connectivity index (χ4v) is 2.91. The molecule has 0 aliphatic rings. The Morgan fingerprint density at radius 3 is 1.27 bits per heavy atom. The molecule has 2 nitrogen and oxygen atoms in total. The van der Waals surface area contributed by atoms with Crippen molar-refractivity contribution in [3.63, 3.8) is 0 Å². The van der Waals surface area contributed by atoms with Crippen LogP contribution < -0.4 is 5.73 Å². The van der Waals surface area contributed by atoms with E-state index < -0.39 is 0 Å². The van der Waals surface area contributed by atoms with E-state index in [9.17, 15) is 0 Å². The molecule has 0 amide bonds. The molecule has 0 aromatic heterocycles. The second-order valence-electron chi connectivity index (χ2n) is 6.47. The fourth-order valence-electron chi connectivity index (χ4n) is 2.82. The molecule has 0 heterocycles. The van der Waals surface area contributed by atoms with E-state index in [1.54, 1.807) is 0 Å². The Bertz CT molecular complexity index is 233. The largest absolute Gasteiger partial charge is 0.471 e. The number of hydrogen-bond donors (Lipinski definition) is 1. The van der Waals surface area contributed by atoms with Crippen LogP contribution in [0.2, 0.25) is 0 Å². The first-order valence-electron chi connectivity index (χ1n) is 9.69. The molecule has 0 atom stereocenters. The lowest BCUT2D eigenvalue weighted by Crippen LogP contribution is -2.13. The average Bonchev–Trinajstić information content (AvgIpc) is 2.50. The highest BCUT2D eigenvalue weighted by molar-refractivity contribution is 7.80. The van der Waals surface area contributed by atoms with Crippen LogP contribution in [0.3, 0.4) is 0 Å². The van der Waals surface area contributed by atoms with Gasteiger partial charge < -0.3 is 10.5 Å². The maximum absolute atomic E-state index is 5.27. The number of thiocarbonyl (C=S) groups is 1. The van der Waals surface area contributed by atoms with Crippen molar-refractivity contribution in [2.75, 3.05) is 6.61 Å². The van der Waals surface area contributed by atoms with Crippen LogP contribution in [-0.2, 0) is 4.74 Å². The highest BCUT2D eigenvalue weighted by Gasteiger charge is 1.95. The Labute approximate surface area is 144 Å². The van der Waals surface area contributed by atoms with Crippen molar-refractivity contribution in [3.8, 4) is 0 Å². The van der Waals surface area contributed by atoms with Crippen molar-refractivity contribution in [1.82, 2.24) is 0 Å². The van der Waals surface area contributed by atoms with Crippen LogP contribution in [0.5, 0.6) is 0 Å². The van der Waals surface area contributed by atoms with Crippen LogP contribution in [0.15, 0.2) is 0 Å². The van der Waals surface area contributed by atoms with E-state index in [4.69, 9.17) is 10.5 Å². The second-order valence-corrected chi connectivity index (χ2v) is 6.87. The summed E-state index contributed by atoms with van der Waals surface area (Å²) in [5, 5.41) is 0.181. The van der Waals surface area contributed by atoms with E-state index in [1.807, 2.05) is 0 Å². The van der Waals surface area contributed by atoms with Gasteiger partial charge in [-0.15, -0.1) is 0 Å². The van der Waals surface area contributed by atoms with Crippen molar-refractivity contribution in [3.05, 3.63) is 0 Å². The van der Waals surface area contributed by atoms with Crippen molar-refractivity contribution in [1.29, 1.82) is 0 Å². The molecule has 132 valence electrons. The van der Waals surface area contributed by atoms with Crippen molar-refractivity contribution in [2.45, 2.75) is 110 Å². The molecule has 0 aromatic carbocycles. The van der Waals surface area contributed by atoms with Gasteiger partial charge in [0.25, 0.3) is 5.17 Å². The molecule has 0 unspecified atom stereocenters. The number of rotatable bonds is 17. The van der Waals surface area contributed by atoms with Crippen LogP contribution >= 0.6 is 12.2 Å². The summed E-state index contributed by atoms with van der Waals surface area (Å²) in [4.78, 5) is 0. The maximum Gasteiger partial charge on any atom is 0.253 e. The highest BCUT2D eigenvalue weighted by Crippen LogP contribution is 2.13. The summed E-state index contributed by atoms with van der Waals surface area (Å²) < 4.78 is 5.07. The van der Waals surface area contributed by atoms with E-state index in [2.05, 4.69) is 19.1 Å². The molecule has 0 aliphatic carbocycles. The van der Waals surface area contributed by atoms with Gasteiger partial charge in [0.15, 0.2) is 0 Å². The van der Waals surface area contributed by atoms with Gasteiger partial charge in [-0.1, -0.05) is 103 Å². The second kappa shape index (κ2) is 18.7. The minimum Gasteiger partial charge on any atom is -0.471 e. The molecule has 0 rings (SSSR count). The zero-order chi connectivity index (χ0) is 16.3. The average molecular weight is 330 g/mol. The molecule has 0 saturated heterocycles. The minimum absolute atomic E-state index is 0.181. The van der Waals surface area contributed by atoms with Crippen LogP contribution in [-0.4, -0.2) is 11.8 Å². The van der Waals surface area contributed by atoms with Gasteiger partial charge in [-0.3, -0.25) is 0 Å². The first kappa shape index (κ1) is 21.7. The summed E-state index contributed by atoms with van der Waals surface area (Å²) >= 11 is 4.66. The van der Waals surface area contributed by atoms with Gasteiger partial charge in [0.05, 0.1) is 6.61 Å². The van der Waals surface area contributed by atoms with E-state index in [1.165, 1.54) is 96.3 Å². The van der Waals surface area contributed by atoms with Gasteiger partial charge in [-0.05, 0) is 18.6 Å². The van der Waals surface area contributed by atoms with Gasteiger partial charge in [-0.2, -0.15) is 0 Å². The van der Waals surface area contributed by atoms with Crippen molar-refractivity contribution < 1.29 is 4.74 Å². The molecular formula is C19H39NOS. The van der Waals surface area contributed by atoms with Gasteiger partial charge in [0, 0.05) is 0 Å². The normalized spacial score (nSPS) is 10.8. The third-order valence-corrected chi connectivity index (χ3v) is 4.36. The summed E-state index contributed by atoms with van der Waals surface area (Å²) in [5.41, 5.74) is 5.27. The Kier molecular flexibility index (Phi) is 18.5. The first-order valence-corrected chi connectivity index (χ1v) is 10.1. The molecule has 3 heteroatoms. The fraction of sp³-hybridized carbons (Fsp3) is 0.947. The lowest BCUT2D eigenvalue weighted by Gasteiger charge is -2.04. The van der Waals surface area contributed by atoms with E-state index in [-0.39, 0.29) is 5.17 Å². The topological polar surface area (TPSA) is 35.2 Å². The van der Waals surface area contributed by atoms with Crippen LogP contribution in [0.1, 0.15) is 110 Å². The minimum atomic E-state index is 0.181. The summed E-state index contributed by atoms with van der Waals surface area (Å²) in [6, 6.07) is 0. The number of unbranched alkanes of at least 4 members (excludes halogenated alkanes) is 15. The zero-order valence-electron chi connectivity index (χ0n) is 14.9. The summed E-state index contributed by atoms with van der Waals surface area (Å²) in [5.74, 6) is 0. The molecule has 0 aliphatic heterocycles. The summed E-state index contributed by atoms with van der Waals surface area (Å²) in [7, 11) is 0. The molecule has 0 saturated carbocycles. The van der Waals surface area contributed by atoms with Crippen molar-refractivity contribution >= 4 is 17.4 Å². The van der Waals surface area contributed by atoms with Crippen LogP contribution in [0, 0.1) is 0 Å². The maximum atomic E-state index is 5.27. The summed E-state index contributed by atoms with van der Waals surface area (Å²) in [6.07, 6.45) is 22.2. The predicted octanol–water partition coefficient (Wildman–Crippen LogP) is 6.51. The highest BCUT2D eigenvalue weighted by atomic mass is 32.1. The lowest BCUT2D eigenvalue weighted by atomic mass is 10.0. The van der Waals surface area contributed by atoms with Crippen molar-refractivity contribution in [2.24, 2.45) is 5.73 Å². The Balaban J connectivity index is 2.95. The summed E-state index contributed by atoms with van der Waals surface area (Å²) in [6.45, 7) is 2.97. The quantitative estimate of drug-likeness (QED) is 0.244. The third-order valence-electron chi connectivity index (χ3n) is 4.24. The first-order chi connectivity index (χ1) is 10.8. The third kappa shape index (κ3) is 19.7. The molecule has 0 aromatic rings. The van der Waals surface area contributed by atoms with Gasteiger partial charge >= 0.3 is 0 Å². The molecule has 0 bridgehead atoms. The molecule has 0 radical (unpaired) electrons. The Morgan fingerprint density at radius 2 is 0.955 bits per heavy atom. The van der Waals surface area contributed by atoms with E-state index in [0.717, 1.165) is 6.42 Å². The molecule has 0 fully saturated rings. The monoisotopic (exact) mass is 329 g/mol.